The van der Waals surface area contributed by atoms with Crippen molar-refractivity contribution in [2.24, 2.45) is 0 Å². The molecule has 3 rings (SSSR count). The van der Waals surface area contributed by atoms with Crippen LogP contribution in [0.1, 0.15) is 34.5 Å². The highest BCUT2D eigenvalue weighted by Gasteiger charge is 2.23. The summed E-state index contributed by atoms with van der Waals surface area (Å²) in [6.45, 7) is 1.94. The van der Waals surface area contributed by atoms with Gasteiger partial charge in [0.05, 0.1) is 6.04 Å². The molecule has 0 aromatic heterocycles. The predicted molar refractivity (Wildman–Crippen MR) is 111 cm³/mol. The maximum Gasteiger partial charge on any atom is 0.251 e. The third kappa shape index (κ3) is 5.30. The second-order valence-electron chi connectivity index (χ2n) is 6.72. The van der Waals surface area contributed by atoms with Gasteiger partial charge in [0.2, 0.25) is 5.91 Å². The number of rotatable bonds is 7. The monoisotopic (exact) mass is 372 g/mol. The van der Waals surface area contributed by atoms with Gasteiger partial charge in [0, 0.05) is 12.0 Å². The van der Waals surface area contributed by atoms with Crippen LogP contribution in [0.15, 0.2) is 91.0 Å². The second-order valence-corrected chi connectivity index (χ2v) is 6.72. The van der Waals surface area contributed by atoms with Crippen molar-refractivity contribution in [2.45, 2.75) is 25.4 Å². The molecule has 3 aromatic rings. The largest absolute Gasteiger partial charge is 0.348 e. The van der Waals surface area contributed by atoms with Crippen LogP contribution in [-0.4, -0.2) is 17.9 Å². The fourth-order valence-electron chi connectivity index (χ4n) is 3.03. The molecular weight excluding hydrogens is 348 g/mol. The van der Waals surface area contributed by atoms with Crippen LogP contribution in [0.3, 0.4) is 0 Å². The van der Waals surface area contributed by atoms with Crippen LogP contribution >= 0.6 is 0 Å². The van der Waals surface area contributed by atoms with Gasteiger partial charge < -0.3 is 10.6 Å². The normalized spacial score (nSPS) is 12.6. The van der Waals surface area contributed by atoms with Crippen LogP contribution < -0.4 is 10.6 Å². The molecule has 0 saturated carbocycles. The van der Waals surface area contributed by atoms with E-state index in [2.05, 4.69) is 10.6 Å². The first kappa shape index (κ1) is 19.4. The lowest BCUT2D eigenvalue weighted by Gasteiger charge is -2.22. The van der Waals surface area contributed by atoms with Gasteiger partial charge in [-0.15, -0.1) is 0 Å². The standard InChI is InChI=1S/C24H24N2O2/c1-18(20-13-7-3-8-14-20)25-24(28)22(17-19-11-5-2-6-12-19)26-23(27)21-15-9-4-10-16-21/h2-16,18,22H,17H2,1H3,(H,25,28)(H,26,27). The van der Waals surface area contributed by atoms with Crippen molar-refractivity contribution in [3.05, 3.63) is 108 Å². The van der Waals surface area contributed by atoms with E-state index >= 15 is 0 Å². The van der Waals surface area contributed by atoms with Crippen molar-refractivity contribution in [1.82, 2.24) is 10.6 Å². The molecule has 28 heavy (non-hydrogen) atoms. The Morgan fingerprint density at radius 1 is 0.750 bits per heavy atom. The maximum atomic E-state index is 13.0. The first-order chi connectivity index (χ1) is 13.6. The van der Waals surface area contributed by atoms with E-state index in [0.29, 0.717) is 12.0 Å². The first-order valence-electron chi connectivity index (χ1n) is 9.38. The summed E-state index contributed by atoms with van der Waals surface area (Å²) in [5.74, 6) is -0.464. The average Bonchev–Trinajstić information content (AvgIpc) is 2.75. The Labute approximate surface area is 165 Å². The molecule has 0 saturated heterocycles. The summed E-state index contributed by atoms with van der Waals surface area (Å²) in [5.41, 5.74) is 2.54. The van der Waals surface area contributed by atoms with Crippen molar-refractivity contribution >= 4 is 11.8 Å². The Balaban J connectivity index is 1.75. The zero-order chi connectivity index (χ0) is 19.8. The van der Waals surface area contributed by atoms with Crippen molar-refractivity contribution in [3.8, 4) is 0 Å². The summed E-state index contributed by atoms with van der Waals surface area (Å²) in [4.78, 5) is 25.6. The number of amides is 2. The van der Waals surface area contributed by atoms with Crippen LogP contribution in [-0.2, 0) is 11.2 Å². The van der Waals surface area contributed by atoms with Gasteiger partial charge in [0.1, 0.15) is 6.04 Å². The molecule has 2 atom stereocenters. The van der Waals surface area contributed by atoms with E-state index < -0.39 is 6.04 Å². The van der Waals surface area contributed by atoms with Gasteiger partial charge in [0.25, 0.3) is 5.91 Å². The number of carbonyl (C=O) groups is 2. The molecule has 0 spiro atoms. The Hall–Kier alpha value is -3.40. The molecule has 4 heteroatoms. The Morgan fingerprint density at radius 2 is 1.29 bits per heavy atom. The zero-order valence-electron chi connectivity index (χ0n) is 15.8. The highest BCUT2D eigenvalue weighted by Crippen LogP contribution is 2.12. The Morgan fingerprint density at radius 3 is 1.89 bits per heavy atom. The van der Waals surface area contributed by atoms with Gasteiger partial charge in [-0.05, 0) is 30.2 Å². The third-order valence-corrected chi connectivity index (χ3v) is 4.60. The Kier molecular flexibility index (Phi) is 6.58. The number of benzene rings is 3. The van der Waals surface area contributed by atoms with Crippen LogP contribution in [0.5, 0.6) is 0 Å². The lowest BCUT2D eigenvalue weighted by Crippen LogP contribution is -2.48. The quantitative estimate of drug-likeness (QED) is 0.661. The average molecular weight is 372 g/mol. The van der Waals surface area contributed by atoms with Gasteiger partial charge >= 0.3 is 0 Å². The van der Waals surface area contributed by atoms with E-state index in [1.54, 1.807) is 24.3 Å². The van der Waals surface area contributed by atoms with Crippen molar-refractivity contribution in [2.75, 3.05) is 0 Å². The van der Waals surface area contributed by atoms with Crippen LogP contribution in [0.4, 0.5) is 0 Å². The highest BCUT2D eigenvalue weighted by molar-refractivity contribution is 5.97. The van der Waals surface area contributed by atoms with Gasteiger partial charge in [-0.3, -0.25) is 9.59 Å². The minimum Gasteiger partial charge on any atom is -0.348 e. The molecule has 0 aliphatic carbocycles. The van der Waals surface area contributed by atoms with E-state index in [9.17, 15) is 9.59 Å². The van der Waals surface area contributed by atoms with Crippen LogP contribution in [0.25, 0.3) is 0 Å². The number of nitrogens with one attached hydrogen (secondary N) is 2. The summed E-state index contributed by atoms with van der Waals surface area (Å²) < 4.78 is 0. The lowest BCUT2D eigenvalue weighted by atomic mass is 10.0. The number of carbonyl (C=O) groups excluding carboxylic acids is 2. The molecule has 2 unspecified atom stereocenters. The minimum absolute atomic E-state index is 0.152. The molecule has 2 N–H and O–H groups in total. The first-order valence-corrected chi connectivity index (χ1v) is 9.38. The van der Waals surface area contributed by atoms with Crippen molar-refractivity contribution in [3.63, 3.8) is 0 Å². The summed E-state index contributed by atoms with van der Waals surface area (Å²) in [6, 6.07) is 27.6. The summed E-state index contributed by atoms with van der Waals surface area (Å²) in [5, 5.41) is 5.91. The molecule has 0 bridgehead atoms. The van der Waals surface area contributed by atoms with E-state index in [-0.39, 0.29) is 17.9 Å². The van der Waals surface area contributed by atoms with E-state index in [1.807, 2.05) is 73.7 Å². The summed E-state index contributed by atoms with van der Waals surface area (Å²) >= 11 is 0. The molecule has 4 nitrogen and oxygen atoms in total. The molecule has 3 aromatic carbocycles. The zero-order valence-corrected chi connectivity index (χ0v) is 15.8. The fourth-order valence-corrected chi connectivity index (χ4v) is 3.03. The molecule has 0 aliphatic rings. The number of hydrogen-bond acceptors (Lipinski definition) is 2. The fraction of sp³-hybridized carbons (Fsp3) is 0.167. The summed E-state index contributed by atoms with van der Waals surface area (Å²) in [7, 11) is 0. The maximum absolute atomic E-state index is 13.0. The van der Waals surface area contributed by atoms with E-state index in [4.69, 9.17) is 0 Å². The van der Waals surface area contributed by atoms with E-state index in [1.165, 1.54) is 0 Å². The molecule has 0 aliphatic heterocycles. The van der Waals surface area contributed by atoms with Crippen LogP contribution in [0, 0.1) is 0 Å². The molecule has 142 valence electrons. The molecule has 0 fully saturated rings. The van der Waals surface area contributed by atoms with E-state index in [0.717, 1.165) is 11.1 Å². The van der Waals surface area contributed by atoms with Crippen LogP contribution in [0.2, 0.25) is 0 Å². The topological polar surface area (TPSA) is 58.2 Å². The van der Waals surface area contributed by atoms with Crippen molar-refractivity contribution < 1.29 is 9.59 Å². The van der Waals surface area contributed by atoms with Gasteiger partial charge in [-0.2, -0.15) is 0 Å². The summed E-state index contributed by atoms with van der Waals surface area (Å²) in [6.07, 6.45) is 0.423. The highest BCUT2D eigenvalue weighted by atomic mass is 16.2. The molecular formula is C24H24N2O2. The SMILES string of the molecule is CC(NC(=O)C(Cc1ccccc1)NC(=O)c1ccccc1)c1ccccc1. The van der Waals surface area contributed by atoms with Gasteiger partial charge in [-0.25, -0.2) is 0 Å². The predicted octanol–water partition coefficient (Wildman–Crippen LogP) is 3.91. The number of hydrogen-bond donors (Lipinski definition) is 2. The van der Waals surface area contributed by atoms with Gasteiger partial charge in [0.15, 0.2) is 0 Å². The van der Waals surface area contributed by atoms with Gasteiger partial charge in [-0.1, -0.05) is 78.9 Å². The van der Waals surface area contributed by atoms with Crippen molar-refractivity contribution in [1.29, 1.82) is 0 Å². The third-order valence-electron chi connectivity index (χ3n) is 4.60. The molecule has 2 amide bonds. The minimum atomic E-state index is -0.665. The lowest BCUT2D eigenvalue weighted by molar-refractivity contribution is -0.123. The smallest absolute Gasteiger partial charge is 0.251 e. The Bertz CT molecular complexity index is 896. The molecule has 0 heterocycles. The second kappa shape index (κ2) is 9.51. The molecule has 0 radical (unpaired) electrons.